The molecule has 0 bridgehead atoms. The maximum absolute atomic E-state index is 14.8. The molecule has 0 aliphatic rings. The van der Waals surface area contributed by atoms with Crippen LogP contribution < -0.4 is 0 Å². The van der Waals surface area contributed by atoms with Gasteiger partial charge in [-0.05, 0) is 41.5 Å². The molecule has 8 nitrogen and oxygen atoms in total. The second kappa shape index (κ2) is 6.77. The van der Waals surface area contributed by atoms with Crippen LogP contribution in [0.25, 0.3) is 55.8 Å². The third kappa shape index (κ3) is 2.83. The van der Waals surface area contributed by atoms with Crippen LogP contribution in [0.5, 0.6) is 0 Å². The van der Waals surface area contributed by atoms with E-state index in [9.17, 15) is 4.39 Å². The van der Waals surface area contributed by atoms with Crippen LogP contribution in [0.15, 0.2) is 67.6 Å². The molecule has 0 saturated carbocycles. The summed E-state index contributed by atoms with van der Waals surface area (Å²) >= 11 is 0. The average molecular weight is 408 g/mol. The van der Waals surface area contributed by atoms with Gasteiger partial charge in [-0.15, -0.1) is 0 Å². The molecule has 6 rings (SSSR count). The predicted octanol–water partition coefficient (Wildman–Crippen LogP) is 4.16. The van der Waals surface area contributed by atoms with Crippen LogP contribution in [0.1, 0.15) is 0 Å². The molecular formula is C22H13FN8. The van der Waals surface area contributed by atoms with Gasteiger partial charge >= 0.3 is 0 Å². The fourth-order valence-electron chi connectivity index (χ4n) is 3.67. The number of hydrogen-bond acceptors (Lipinski definition) is 6. The van der Waals surface area contributed by atoms with E-state index in [1.54, 1.807) is 31.0 Å². The Labute approximate surface area is 174 Å². The summed E-state index contributed by atoms with van der Waals surface area (Å²) in [7, 11) is 0. The zero-order valence-corrected chi connectivity index (χ0v) is 15.9. The Morgan fingerprint density at radius 3 is 2.52 bits per heavy atom. The smallest absolute Gasteiger partial charge is 0.178 e. The second-order valence-corrected chi connectivity index (χ2v) is 6.96. The fourth-order valence-corrected chi connectivity index (χ4v) is 3.67. The number of fused-ring (bicyclic) bond motifs is 2. The Bertz CT molecular complexity index is 1540. The Balaban J connectivity index is 1.55. The lowest BCUT2D eigenvalue weighted by Crippen LogP contribution is -1.86. The summed E-state index contributed by atoms with van der Waals surface area (Å²) in [6, 6.07) is 9.03. The van der Waals surface area contributed by atoms with Crippen molar-refractivity contribution < 1.29 is 4.39 Å². The molecule has 6 aromatic rings. The van der Waals surface area contributed by atoms with Crippen molar-refractivity contribution in [3.63, 3.8) is 0 Å². The van der Waals surface area contributed by atoms with Crippen LogP contribution in [0.4, 0.5) is 4.39 Å². The molecule has 0 aliphatic carbocycles. The van der Waals surface area contributed by atoms with Crippen molar-refractivity contribution in [3.8, 4) is 33.8 Å². The highest BCUT2D eigenvalue weighted by Gasteiger charge is 2.18. The number of nitrogens with zero attached hydrogens (tertiary/aromatic N) is 6. The van der Waals surface area contributed by atoms with E-state index < -0.39 is 5.82 Å². The molecule has 2 N–H and O–H groups in total. The van der Waals surface area contributed by atoms with E-state index in [4.69, 9.17) is 0 Å². The van der Waals surface area contributed by atoms with Crippen LogP contribution in [-0.2, 0) is 0 Å². The largest absolute Gasteiger partial charge is 0.335 e. The molecular weight excluding hydrogens is 395 g/mol. The van der Waals surface area contributed by atoms with Crippen molar-refractivity contribution in [1.29, 1.82) is 0 Å². The SMILES string of the molecule is Fc1cc(-c2cncnc2)cc2c(-c3nc4nccc(-c5ccncc5)c4[nH]3)[nH]nc12. The number of pyridine rings is 2. The number of benzene rings is 1. The van der Waals surface area contributed by atoms with E-state index in [0.29, 0.717) is 33.7 Å². The van der Waals surface area contributed by atoms with Gasteiger partial charge in [0, 0.05) is 47.5 Å². The molecule has 0 atom stereocenters. The highest BCUT2D eigenvalue weighted by atomic mass is 19.1. The van der Waals surface area contributed by atoms with Crippen molar-refractivity contribution in [2.24, 2.45) is 0 Å². The number of aromatic amines is 2. The summed E-state index contributed by atoms with van der Waals surface area (Å²) in [6.07, 6.45) is 9.89. The number of H-pyrrole nitrogens is 2. The summed E-state index contributed by atoms with van der Waals surface area (Å²) in [5.41, 5.74) is 5.44. The lowest BCUT2D eigenvalue weighted by atomic mass is 10.1. The maximum Gasteiger partial charge on any atom is 0.178 e. The molecule has 148 valence electrons. The standard InChI is InChI=1S/C22H13FN8/c23-17-8-13(14-9-25-11-26-10-14)7-16-18(17)30-31-20(16)22-28-19-15(3-6-27-21(19)29-22)12-1-4-24-5-2-12/h1-11H,(H,30,31)(H,27,28,29). The first-order valence-electron chi connectivity index (χ1n) is 9.46. The van der Waals surface area contributed by atoms with Crippen molar-refractivity contribution in [3.05, 3.63) is 73.5 Å². The molecule has 9 heteroatoms. The van der Waals surface area contributed by atoms with Gasteiger partial charge in [0.2, 0.25) is 0 Å². The van der Waals surface area contributed by atoms with Gasteiger partial charge in [0.05, 0.1) is 5.52 Å². The van der Waals surface area contributed by atoms with E-state index in [2.05, 4.69) is 40.1 Å². The van der Waals surface area contributed by atoms with Gasteiger partial charge in [-0.25, -0.2) is 24.3 Å². The summed E-state index contributed by atoms with van der Waals surface area (Å²) in [5, 5.41) is 7.68. The molecule has 5 heterocycles. The molecule has 0 radical (unpaired) electrons. The van der Waals surface area contributed by atoms with Gasteiger partial charge in [0.25, 0.3) is 0 Å². The molecule has 1 aromatic carbocycles. The van der Waals surface area contributed by atoms with Crippen LogP contribution in [0.3, 0.4) is 0 Å². The van der Waals surface area contributed by atoms with Gasteiger partial charge in [-0.2, -0.15) is 5.10 Å². The number of rotatable bonds is 3. The van der Waals surface area contributed by atoms with E-state index >= 15 is 0 Å². The maximum atomic E-state index is 14.8. The fraction of sp³-hybridized carbons (Fsp3) is 0. The third-order valence-corrected chi connectivity index (χ3v) is 5.13. The Morgan fingerprint density at radius 2 is 1.68 bits per heavy atom. The molecule has 0 unspecified atom stereocenters. The first kappa shape index (κ1) is 17.3. The minimum atomic E-state index is -0.439. The van der Waals surface area contributed by atoms with E-state index in [0.717, 1.165) is 16.6 Å². The zero-order chi connectivity index (χ0) is 20.8. The van der Waals surface area contributed by atoms with Crippen molar-refractivity contribution >= 4 is 22.1 Å². The molecule has 0 spiro atoms. The molecule has 0 fully saturated rings. The van der Waals surface area contributed by atoms with E-state index in [1.165, 1.54) is 12.4 Å². The number of aromatic nitrogens is 8. The normalized spacial score (nSPS) is 11.4. The number of imidazole rings is 1. The van der Waals surface area contributed by atoms with Gasteiger partial charge in [-0.3, -0.25) is 10.1 Å². The highest BCUT2D eigenvalue weighted by molar-refractivity contribution is 5.97. The minimum absolute atomic E-state index is 0.235. The molecule has 5 aromatic heterocycles. The zero-order valence-electron chi connectivity index (χ0n) is 15.9. The van der Waals surface area contributed by atoms with Crippen LogP contribution in [0.2, 0.25) is 0 Å². The van der Waals surface area contributed by atoms with Crippen LogP contribution in [-0.4, -0.2) is 40.1 Å². The second-order valence-electron chi connectivity index (χ2n) is 6.96. The van der Waals surface area contributed by atoms with Gasteiger partial charge in [-0.1, -0.05) is 0 Å². The molecule has 0 amide bonds. The summed E-state index contributed by atoms with van der Waals surface area (Å²) in [6.45, 7) is 0. The monoisotopic (exact) mass is 408 g/mol. The topological polar surface area (TPSA) is 109 Å². The minimum Gasteiger partial charge on any atom is -0.335 e. The van der Waals surface area contributed by atoms with Crippen molar-refractivity contribution in [2.45, 2.75) is 0 Å². The average Bonchev–Trinajstić information content (AvgIpc) is 3.44. The Hall–Kier alpha value is -4.53. The van der Waals surface area contributed by atoms with Gasteiger partial charge < -0.3 is 4.98 Å². The number of halogens is 1. The first-order valence-corrected chi connectivity index (χ1v) is 9.46. The van der Waals surface area contributed by atoms with E-state index in [1.807, 2.05) is 24.3 Å². The Morgan fingerprint density at radius 1 is 0.839 bits per heavy atom. The lowest BCUT2D eigenvalue weighted by Gasteiger charge is -2.02. The quantitative estimate of drug-likeness (QED) is 0.455. The van der Waals surface area contributed by atoms with Gasteiger partial charge in [0.15, 0.2) is 17.3 Å². The van der Waals surface area contributed by atoms with Crippen molar-refractivity contribution in [1.82, 2.24) is 40.1 Å². The predicted molar refractivity (Wildman–Crippen MR) is 113 cm³/mol. The number of hydrogen-bond donors (Lipinski definition) is 2. The van der Waals surface area contributed by atoms with Crippen LogP contribution >= 0.6 is 0 Å². The Kier molecular flexibility index (Phi) is 3.79. The van der Waals surface area contributed by atoms with Crippen LogP contribution in [0, 0.1) is 5.82 Å². The molecule has 0 aliphatic heterocycles. The summed E-state index contributed by atoms with van der Waals surface area (Å²) in [4.78, 5) is 24.4. The summed E-state index contributed by atoms with van der Waals surface area (Å²) < 4.78 is 14.8. The molecule has 0 saturated heterocycles. The number of nitrogens with one attached hydrogen (secondary N) is 2. The molecule has 31 heavy (non-hydrogen) atoms. The lowest BCUT2D eigenvalue weighted by molar-refractivity contribution is 0.636. The third-order valence-electron chi connectivity index (χ3n) is 5.13. The summed E-state index contributed by atoms with van der Waals surface area (Å²) in [5.74, 6) is 0.0814. The van der Waals surface area contributed by atoms with Gasteiger partial charge in [0.1, 0.15) is 17.5 Å². The first-order chi connectivity index (χ1) is 15.3. The van der Waals surface area contributed by atoms with E-state index in [-0.39, 0.29) is 5.52 Å². The highest BCUT2D eigenvalue weighted by Crippen LogP contribution is 2.33. The van der Waals surface area contributed by atoms with Crippen molar-refractivity contribution in [2.75, 3.05) is 0 Å².